The molecule has 1 heteroatoms. The minimum atomic E-state index is -0.337. The molecule has 8 aromatic carbocycles. The molecule has 0 fully saturated rings. The highest BCUT2D eigenvalue weighted by Crippen LogP contribution is 2.66. The first-order chi connectivity index (χ1) is 26.1. The molecule has 0 heterocycles. The molecular weight excluding hydrogens is 639 g/mol. The summed E-state index contributed by atoms with van der Waals surface area (Å²) >= 11 is 0. The van der Waals surface area contributed by atoms with Crippen LogP contribution in [0.1, 0.15) is 47.2 Å². The topological polar surface area (TPSA) is 3.24 Å². The van der Waals surface area contributed by atoms with Gasteiger partial charge in [-0.1, -0.05) is 159 Å². The molecule has 0 radical (unpaired) electrons. The Morgan fingerprint density at radius 2 is 0.755 bits per heavy atom. The maximum Gasteiger partial charge on any atom is 0.0725 e. The Kier molecular flexibility index (Phi) is 6.29. The van der Waals surface area contributed by atoms with Crippen molar-refractivity contribution in [1.29, 1.82) is 0 Å². The molecule has 250 valence electrons. The maximum absolute atomic E-state index is 2.46. The van der Waals surface area contributed by atoms with Gasteiger partial charge in [-0.05, 0) is 120 Å². The largest absolute Gasteiger partial charge is 0.311 e. The van der Waals surface area contributed by atoms with E-state index in [9.17, 15) is 0 Å². The fraction of sp³-hybridized carbons (Fsp3) is 0.0769. The SMILES string of the molecule is CC1(C)c2cc(-c3ccc(N(c4ccccc4)c4ccccc4)cc3)ccc2-c2c1ccc1c2-c2ccccc2C12c1ccccc1-c1ccccc12. The van der Waals surface area contributed by atoms with Crippen molar-refractivity contribution in [3.05, 3.63) is 221 Å². The number of rotatable bonds is 4. The number of nitrogens with zero attached hydrogens (tertiary/aromatic N) is 1. The van der Waals surface area contributed by atoms with Crippen LogP contribution in [0.15, 0.2) is 188 Å². The molecule has 8 aromatic rings. The molecule has 1 spiro atoms. The van der Waals surface area contributed by atoms with Crippen molar-refractivity contribution in [2.75, 3.05) is 4.90 Å². The highest BCUT2D eigenvalue weighted by atomic mass is 15.1. The van der Waals surface area contributed by atoms with Crippen LogP contribution in [-0.4, -0.2) is 0 Å². The van der Waals surface area contributed by atoms with Gasteiger partial charge in [-0.15, -0.1) is 0 Å². The molecule has 53 heavy (non-hydrogen) atoms. The van der Waals surface area contributed by atoms with Crippen LogP contribution in [0.3, 0.4) is 0 Å². The summed E-state index contributed by atoms with van der Waals surface area (Å²) in [6, 6.07) is 69.7. The summed E-state index contributed by atoms with van der Waals surface area (Å²) in [5.41, 5.74) is 22.0. The number of para-hydroxylation sites is 2. The predicted molar refractivity (Wildman–Crippen MR) is 220 cm³/mol. The Balaban J connectivity index is 1.06. The number of hydrogen-bond donors (Lipinski definition) is 0. The van der Waals surface area contributed by atoms with E-state index in [0.717, 1.165) is 17.1 Å². The molecule has 0 atom stereocenters. The molecule has 3 aliphatic rings. The van der Waals surface area contributed by atoms with Crippen LogP contribution in [0.5, 0.6) is 0 Å². The zero-order chi connectivity index (χ0) is 35.3. The van der Waals surface area contributed by atoms with Crippen molar-refractivity contribution in [3.8, 4) is 44.5 Å². The lowest BCUT2D eigenvalue weighted by Crippen LogP contribution is -2.26. The Morgan fingerprint density at radius 1 is 0.321 bits per heavy atom. The number of anilines is 3. The molecule has 0 amide bonds. The number of fused-ring (bicyclic) bond motifs is 14. The third-order valence-electron chi connectivity index (χ3n) is 12.3. The van der Waals surface area contributed by atoms with Gasteiger partial charge < -0.3 is 4.90 Å². The molecule has 0 unspecified atom stereocenters. The lowest BCUT2D eigenvalue weighted by Gasteiger charge is -2.31. The van der Waals surface area contributed by atoms with Crippen LogP contribution in [0.4, 0.5) is 17.1 Å². The summed E-state index contributed by atoms with van der Waals surface area (Å²) < 4.78 is 0. The second-order valence-electron chi connectivity index (χ2n) is 15.2. The van der Waals surface area contributed by atoms with Crippen LogP contribution in [0.2, 0.25) is 0 Å². The second kappa shape index (κ2) is 11.0. The standard InChI is InChI=1S/C52H37N/c1-51(2)46-31-32-47-50(41-21-11-14-24-45(41)52(47)43-22-12-9-19-39(43)40-20-10-13-23-44(40)52)49(46)42-30-27-35(33-48(42)51)34-25-28-38(29-26-34)53(36-15-5-3-6-16-36)37-17-7-4-8-18-37/h3-33H,1-2H3. The van der Waals surface area contributed by atoms with Gasteiger partial charge in [0.1, 0.15) is 0 Å². The highest BCUT2D eigenvalue weighted by Gasteiger charge is 2.53. The van der Waals surface area contributed by atoms with Crippen LogP contribution in [0, 0.1) is 0 Å². The van der Waals surface area contributed by atoms with Gasteiger partial charge in [0.25, 0.3) is 0 Å². The Hall–Kier alpha value is -6.44. The lowest BCUT2D eigenvalue weighted by atomic mass is 9.70. The lowest BCUT2D eigenvalue weighted by molar-refractivity contribution is 0.660. The summed E-state index contributed by atoms with van der Waals surface area (Å²) in [6.07, 6.45) is 0. The van der Waals surface area contributed by atoms with Crippen LogP contribution >= 0.6 is 0 Å². The summed E-state index contributed by atoms with van der Waals surface area (Å²) in [7, 11) is 0. The van der Waals surface area contributed by atoms with Crippen molar-refractivity contribution in [1.82, 2.24) is 0 Å². The van der Waals surface area contributed by atoms with Gasteiger partial charge >= 0.3 is 0 Å². The third-order valence-corrected chi connectivity index (χ3v) is 12.3. The fourth-order valence-corrected chi connectivity index (χ4v) is 9.99. The smallest absolute Gasteiger partial charge is 0.0725 e. The average Bonchev–Trinajstić information content (AvgIpc) is 3.78. The van der Waals surface area contributed by atoms with E-state index < -0.39 is 0 Å². The number of hydrogen-bond acceptors (Lipinski definition) is 1. The van der Waals surface area contributed by atoms with E-state index in [1.807, 2.05) is 0 Å². The first kappa shape index (κ1) is 30.2. The highest BCUT2D eigenvalue weighted by molar-refractivity contribution is 6.03. The van der Waals surface area contributed by atoms with E-state index in [0.29, 0.717) is 0 Å². The van der Waals surface area contributed by atoms with E-state index in [1.165, 1.54) is 77.9 Å². The first-order valence-electron chi connectivity index (χ1n) is 18.7. The number of benzene rings is 8. The molecule has 0 bridgehead atoms. The minimum Gasteiger partial charge on any atom is -0.311 e. The van der Waals surface area contributed by atoms with E-state index in [1.54, 1.807) is 0 Å². The Labute approximate surface area is 311 Å². The van der Waals surface area contributed by atoms with Crippen molar-refractivity contribution >= 4 is 17.1 Å². The van der Waals surface area contributed by atoms with Crippen LogP contribution < -0.4 is 4.90 Å². The molecule has 0 N–H and O–H groups in total. The van der Waals surface area contributed by atoms with E-state index in [2.05, 4.69) is 207 Å². The molecule has 11 rings (SSSR count). The van der Waals surface area contributed by atoms with Gasteiger partial charge in [-0.3, -0.25) is 0 Å². The zero-order valence-corrected chi connectivity index (χ0v) is 29.8. The van der Waals surface area contributed by atoms with Gasteiger partial charge in [-0.2, -0.15) is 0 Å². The van der Waals surface area contributed by atoms with Crippen LogP contribution in [0.25, 0.3) is 44.5 Å². The summed E-state index contributed by atoms with van der Waals surface area (Å²) in [5, 5.41) is 0. The van der Waals surface area contributed by atoms with Crippen molar-refractivity contribution in [2.24, 2.45) is 0 Å². The van der Waals surface area contributed by atoms with Crippen molar-refractivity contribution < 1.29 is 0 Å². The molecule has 0 saturated carbocycles. The Morgan fingerprint density at radius 3 is 1.36 bits per heavy atom. The maximum atomic E-state index is 2.46. The van der Waals surface area contributed by atoms with E-state index >= 15 is 0 Å². The molecule has 0 saturated heterocycles. The monoisotopic (exact) mass is 675 g/mol. The van der Waals surface area contributed by atoms with Crippen molar-refractivity contribution in [2.45, 2.75) is 24.7 Å². The molecule has 0 aliphatic heterocycles. The summed E-state index contributed by atoms with van der Waals surface area (Å²) in [5.74, 6) is 0. The zero-order valence-electron chi connectivity index (χ0n) is 29.8. The predicted octanol–water partition coefficient (Wildman–Crippen LogP) is 13.5. The van der Waals surface area contributed by atoms with Crippen molar-refractivity contribution in [3.63, 3.8) is 0 Å². The molecule has 1 nitrogen and oxygen atoms in total. The quantitative estimate of drug-likeness (QED) is 0.179. The molecule has 3 aliphatic carbocycles. The minimum absolute atomic E-state index is 0.150. The molecular formula is C52H37N. The third kappa shape index (κ3) is 4.02. The summed E-state index contributed by atoms with van der Waals surface area (Å²) in [4.78, 5) is 2.32. The van der Waals surface area contributed by atoms with E-state index in [4.69, 9.17) is 0 Å². The van der Waals surface area contributed by atoms with E-state index in [-0.39, 0.29) is 10.8 Å². The van der Waals surface area contributed by atoms with Gasteiger partial charge in [-0.25, -0.2) is 0 Å². The fourth-order valence-electron chi connectivity index (χ4n) is 9.99. The van der Waals surface area contributed by atoms with Gasteiger partial charge in [0, 0.05) is 22.5 Å². The van der Waals surface area contributed by atoms with Gasteiger partial charge in [0.05, 0.1) is 5.41 Å². The second-order valence-corrected chi connectivity index (χ2v) is 15.2. The molecule has 0 aromatic heterocycles. The first-order valence-corrected chi connectivity index (χ1v) is 18.7. The van der Waals surface area contributed by atoms with Gasteiger partial charge in [0.15, 0.2) is 0 Å². The van der Waals surface area contributed by atoms with Gasteiger partial charge in [0.2, 0.25) is 0 Å². The Bertz CT molecular complexity index is 2650. The summed E-state index contributed by atoms with van der Waals surface area (Å²) in [6.45, 7) is 4.82. The normalized spacial score (nSPS) is 14.5. The average molecular weight is 676 g/mol. The van der Waals surface area contributed by atoms with Crippen LogP contribution in [-0.2, 0) is 10.8 Å².